The number of aliphatic imine (C=N–C) groups is 2. The molecule has 0 aromatic carbocycles. The molecule has 3 rings (SSSR count). The Morgan fingerprint density at radius 3 is 2.71 bits per heavy atom. The first kappa shape index (κ1) is 25.8. The van der Waals surface area contributed by atoms with E-state index in [2.05, 4.69) is 47.2 Å². The standard InChI is InChI=1S/C26H36N6OS/c1-7-17(2)14-20(8-11-27-5)21-15-23(33)24(29-16-21)18(3)30-25-19(4)31-26(34-25)32(6)22-9-12-28-13-10-22/h8,11,14-16,22,28,33H,7,9-10,12-13H2,1-6H3/b17-14+,20-8+,27-11?,30-18+. The van der Waals surface area contributed by atoms with Gasteiger partial charge < -0.3 is 15.3 Å². The van der Waals surface area contributed by atoms with Crippen LogP contribution in [0.2, 0.25) is 0 Å². The van der Waals surface area contributed by atoms with Gasteiger partial charge in [0.15, 0.2) is 5.13 Å². The van der Waals surface area contributed by atoms with E-state index in [-0.39, 0.29) is 5.75 Å². The lowest BCUT2D eigenvalue weighted by Crippen LogP contribution is -2.41. The maximum atomic E-state index is 10.8. The van der Waals surface area contributed by atoms with Crippen LogP contribution < -0.4 is 10.2 Å². The molecule has 3 heterocycles. The van der Waals surface area contributed by atoms with Crippen molar-refractivity contribution in [3.05, 3.63) is 46.9 Å². The van der Waals surface area contributed by atoms with Gasteiger partial charge in [-0.15, -0.1) is 0 Å². The van der Waals surface area contributed by atoms with Gasteiger partial charge in [0.05, 0.1) is 11.4 Å². The zero-order chi connectivity index (χ0) is 24.7. The first-order valence-corrected chi connectivity index (χ1v) is 12.6. The van der Waals surface area contributed by atoms with Crippen LogP contribution >= 0.6 is 11.3 Å². The third-order valence-corrected chi connectivity index (χ3v) is 7.24. The first-order chi connectivity index (χ1) is 16.3. The Balaban J connectivity index is 1.86. The lowest BCUT2D eigenvalue weighted by Gasteiger charge is -2.31. The molecule has 0 atom stereocenters. The summed E-state index contributed by atoms with van der Waals surface area (Å²) in [6.45, 7) is 10.1. The molecule has 1 saturated heterocycles. The molecule has 2 aromatic rings. The van der Waals surface area contributed by atoms with E-state index in [1.165, 1.54) is 5.57 Å². The van der Waals surface area contributed by atoms with Crippen molar-refractivity contribution in [3.63, 3.8) is 0 Å². The molecule has 0 radical (unpaired) electrons. The number of anilines is 1. The zero-order valence-electron chi connectivity index (χ0n) is 21.1. The van der Waals surface area contributed by atoms with Gasteiger partial charge in [0.1, 0.15) is 16.4 Å². The first-order valence-electron chi connectivity index (χ1n) is 11.8. The van der Waals surface area contributed by atoms with E-state index in [9.17, 15) is 5.11 Å². The summed E-state index contributed by atoms with van der Waals surface area (Å²) in [6, 6.07) is 2.24. The van der Waals surface area contributed by atoms with Gasteiger partial charge in [-0.1, -0.05) is 29.9 Å². The molecule has 7 nitrogen and oxygen atoms in total. The van der Waals surface area contributed by atoms with E-state index in [4.69, 9.17) is 9.98 Å². The summed E-state index contributed by atoms with van der Waals surface area (Å²) in [4.78, 5) is 20.4. The average molecular weight is 481 g/mol. The molecule has 1 aliphatic rings. The van der Waals surface area contributed by atoms with E-state index in [0.29, 0.717) is 17.4 Å². The van der Waals surface area contributed by atoms with Crippen molar-refractivity contribution in [1.29, 1.82) is 0 Å². The molecule has 0 unspecified atom stereocenters. The number of aryl methyl sites for hydroxylation is 1. The van der Waals surface area contributed by atoms with Crippen LogP contribution in [0.3, 0.4) is 0 Å². The fourth-order valence-corrected chi connectivity index (χ4v) is 4.85. The van der Waals surface area contributed by atoms with E-state index >= 15 is 0 Å². The van der Waals surface area contributed by atoms with Crippen LogP contribution in [0.15, 0.2) is 40.0 Å². The summed E-state index contributed by atoms with van der Waals surface area (Å²) < 4.78 is 0. The molecule has 1 aliphatic heterocycles. The lowest BCUT2D eigenvalue weighted by atomic mass is 10.0. The van der Waals surface area contributed by atoms with Crippen LogP contribution in [0, 0.1) is 6.92 Å². The highest BCUT2D eigenvalue weighted by atomic mass is 32.1. The summed E-state index contributed by atoms with van der Waals surface area (Å²) in [5.74, 6) is 0.106. The SMILES string of the molecule is CC/C(C)=C/C(=C\C=NC)c1cnc(/C(C)=N/c2sc(N(C)C3CCNCC3)nc2C)c(O)c1. The Hall–Kier alpha value is -2.84. The Kier molecular flexibility index (Phi) is 9.12. The summed E-state index contributed by atoms with van der Waals surface area (Å²) in [5.41, 5.74) is 5.06. The second-order valence-electron chi connectivity index (χ2n) is 8.64. The molecule has 34 heavy (non-hydrogen) atoms. The van der Waals surface area contributed by atoms with Crippen molar-refractivity contribution in [3.8, 4) is 5.75 Å². The fourth-order valence-electron chi connectivity index (χ4n) is 3.82. The number of pyridine rings is 1. The molecule has 8 heteroatoms. The molecule has 2 N–H and O–H groups in total. The average Bonchev–Trinajstić information content (AvgIpc) is 3.21. The number of rotatable bonds is 8. The monoisotopic (exact) mass is 480 g/mol. The predicted molar refractivity (Wildman–Crippen MR) is 145 cm³/mol. The van der Waals surface area contributed by atoms with Crippen molar-refractivity contribution in [2.45, 2.75) is 53.0 Å². The fraction of sp³-hybridized carbons (Fsp3) is 0.462. The quantitative estimate of drug-likeness (QED) is 0.394. The normalized spacial score (nSPS) is 16.5. The van der Waals surface area contributed by atoms with Crippen molar-refractivity contribution in [2.24, 2.45) is 9.98 Å². The molecule has 0 bridgehead atoms. The lowest BCUT2D eigenvalue weighted by molar-refractivity contribution is 0.443. The minimum Gasteiger partial charge on any atom is -0.506 e. The van der Waals surface area contributed by atoms with Crippen LogP contribution in [0.25, 0.3) is 5.57 Å². The maximum Gasteiger partial charge on any atom is 0.187 e. The van der Waals surface area contributed by atoms with Crippen LogP contribution in [0.1, 0.15) is 57.0 Å². The smallest absolute Gasteiger partial charge is 0.187 e. The highest BCUT2D eigenvalue weighted by Gasteiger charge is 2.21. The molecule has 2 aromatic heterocycles. The number of nitrogens with zero attached hydrogens (tertiary/aromatic N) is 5. The Bertz CT molecular complexity index is 1110. The number of aromatic nitrogens is 2. The van der Waals surface area contributed by atoms with Crippen molar-refractivity contribution in [1.82, 2.24) is 15.3 Å². The third kappa shape index (κ3) is 6.39. The van der Waals surface area contributed by atoms with Crippen molar-refractivity contribution < 1.29 is 5.11 Å². The van der Waals surface area contributed by atoms with Gasteiger partial charge >= 0.3 is 0 Å². The van der Waals surface area contributed by atoms with Crippen LogP contribution in [-0.2, 0) is 0 Å². The number of hydrogen-bond acceptors (Lipinski definition) is 8. The largest absolute Gasteiger partial charge is 0.506 e. The number of hydrogen-bond donors (Lipinski definition) is 2. The molecule has 0 aliphatic carbocycles. The van der Waals surface area contributed by atoms with Gasteiger partial charge in [-0.2, -0.15) is 0 Å². The Morgan fingerprint density at radius 1 is 1.32 bits per heavy atom. The molecule has 182 valence electrons. The number of aromatic hydroxyl groups is 1. The summed E-state index contributed by atoms with van der Waals surface area (Å²) in [7, 11) is 3.85. The highest BCUT2D eigenvalue weighted by Crippen LogP contribution is 2.35. The molecule has 0 amide bonds. The number of nitrogens with one attached hydrogen (secondary N) is 1. The Labute approximate surface area is 207 Å². The van der Waals surface area contributed by atoms with Gasteiger partial charge in [0, 0.05) is 38.1 Å². The topological polar surface area (TPSA) is 86.0 Å². The summed E-state index contributed by atoms with van der Waals surface area (Å²) >= 11 is 1.58. The number of thiazole rings is 1. The minimum absolute atomic E-state index is 0.106. The number of allylic oxidation sites excluding steroid dienone is 4. The Morgan fingerprint density at radius 2 is 2.06 bits per heavy atom. The van der Waals surface area contributed by atoms with Gasteiger partial charge in [-0.05, 0) is 70.8 Å². The molecule has 0 saturated carbocycles. The molecule has 0 spiro atoms. The van der Waals surface area contributed by atoms with Crippen LogP contribution in [-0.4, -0.2) is 60.2 Å². The molecular formula is C26H36N6OS. The van der Waals surface area contributed by atoms with Gasteiger partial charge in [0.25, 0.3) is 0 Å². The van der Waals surface area contributed by atoms with Crippen molar-refractivity contribution >= 4 is 39.0 Å². The summed E-state index contributed by atoms with van der Waals surface area (Å²) in [5, 5.41) is 16.0. The second-order valence-corrected chi connectivity index (χ2v) is 9.60. The van der Waals surface area contributed by atoms with E-state index in [1.807, 2.05) is 19.9 Å². The predicted octanol–water partition coefficient (Wildman–Crippen LogP) is 5.32. The van der Waals surface area contributed by atoms with Crippen LogP contribution in [0.5, 0.6) is 5.75 Å². The van der Waals surface area contributed by atoms with E-state index in [1.54, 1.807) is 36.9 Å². The maximum absolute atomic E-state index is 10.8. The van der Waals surface area contributed by atoms with Gasteiger partial charge in [0.2, 0.25) is 0 Å². The molecule has 1 fully saturated rings. The van der Waals surface area contributed by atoms with E-state index < -0.39 is 0 Å². The van der Waals surface area contributed by atoms with Gasteiger partial charge in [-0.25, -0.2) is 9.98 Å². The van der Waals surface area contributed by atoms with Gasteiger partial charge in [-0.3, -0.25) is 9.98 Å². The minimum atomic E-state index is 0.106. The third-order valence-electron chi connectivity index (χ3n) is 6.09. The molecular weight excluding hydrogens is 444 g/mol. The van der Waals surface area contributed by atoms with Crippen molar-refractivity contribution in [2.75, 3.05) is 32.1 Å². The summed E-state index contributed by atoms with van der Waals surface area (Å²) in [6.07, 6.45) is 10.7. The highest BCUT2D eigenvalue weighted by molar-refractivity contribution is 7.19. The number of piperidine rings is 1. The van der Waals surface area contributed by atoms with E-state index in [0.717, 1.165) is 59.3 Å². The second kappa shape index (κ2) is 12.0. The van der Waals surface area contributed by atoms with Crippen LogP contribution in [0.4, 0.5) is 10.1 Å². The zero-order valence-corrected chi connectivity index (χ0v) is 21.9.